The minimum Gasteiger partial charge on any atom is -0.454 e. The maximum absolute atomic E-state index is 14.2. The number of rotatable bonds is 3. The molecule has 1 aliphatic rings. The number of hydrogen-bond acceptors (Lipinski definition) is 4. The van der Waals surface area contributed by atoms with Crippen LogP contribution in [-0.4, -0.2) is 15.2 Å². The van der Waals surface area contributed by atoms with Gasteiger partial charge in [0.05, 0.1) is 10.5 Å². The predicted octanol–water partition coefficient (Wildman–Crippen LogP) is 4.55. The van der Waals surface area contributed by atoms with Gasteiger partial charge in [0.2, 0.25) is 16.8 Å². The molecule has 1 heterocycles. The molecule has 30 heavy (non-hydrogen) atoms. The Morgan fingerprint density at radius 3 is 2.10 bits per heavy atom. The summed E-state index contributed by atoms with van der Waals surface area (Å²) in [5.41, 5.74) is -0.587. The van der Waals surface area contributed by atoms with Crippen LogP contribution in [0.1, 0.15) is 5.56 Å². The van der Waals surface area contributed by atoms with Gasteiger partial charge in [-0.1, -0.05) is 24.3 Å². The number of ether oxygens (including phenoxy) is 2. The first kappa shape index (κ1) is 20.2. The minimum atomic E-state index is -4.85. The van der Waals surface area contributed by atoms with Gasteiger partial charge in [-0.05, 0) is 47.0 Å². The molecular formula is C20H13F4NO4S. The molecule has 156 valence electrons. The van der Waals surface area contributed by atoms with Crippen LogP contribution in [0.5, 0.6) is 11.5 Å². The van der Waals surface area contributed by atoms with Gasteiger partial charge >= 0.3 is 6.18 Å². The standard InChI is InChI=1S/C20H13F4NO4S/c21-16-7-11(5-6-15(16)20(22,23)24)13-8-17-18(29-10-28-17)9-14(13)12-3-1-2-4-19(12)30(25,26)27/h1-9H,10H2,(H2,25,26,27). The lowest BCUT2D eigenvalue weighted by atomic mass is 9.93. The van der Waals surface area contributed by atoms with Crippen molar-refractivity contribution in [3.05, 3.63) is 66.0 Å². The summed E-state index contributed by atoms with van der Waals surface area (Å²) in [5.74, 6) is -0.851. The number of sulfonamides is 1. The molecular weight excluding hydrogens is 426 g/mol. The van der Waals surface area contributed by atoms with Crippen LogP contribution in [-0.2, 0) is 16.2 Å². The molecule has 5 nitrogen and oxygen atoms in total. The highest BCUT2D eigenvalue weighted by Crippen LogP contribution is 2.45. The molecule has 3 aromatic carbocycles. The van der Waals surface area contributed by atoms with Gasteiger partial charge in [-0.2, -0.15) is 13.2 Å². The van der Waals surface area contributed by atoms with Crippen LogP contribution in [0.15, 0.2) is 59.5 Å². The van der Waals surface area contributed by atoms with Crippen LogP contribution in [0, 0.1) is 5.82 Å². The van der Waals surface area contributed by atoms with Gasteiger partial charge < -0.3 is 9.47 Å². The van der Waals surface area contributed by atoms with E-state index in [1.54, 1.807) is 6.07 Å². The van der Waals surface area contributed by atoms with E-state index in [9.17, 15) is 26.0 Å². The molecule has 0 saturated carbocycles. The predicted molar refractivity (Wildman–Crippen MR) is 99.8 cm³/mol. The molecule has 0 aliphatic carbocycles. The largest absolute Gasteiger partial charge is 0.454 e. The minimum absolute atomic E-state index is 0.0869. The van der Waals surface area contributed by atoms with Crippen LogP contribution >= 0.6 is 0 Å². The maximum atomic E-state index is 14.2. The van der Waals surface area contributed by atoms with Crippen molar-refractivity contribution in [1.29, 1.82) is 0 Å². The third-order valence-corrected chi connectivity index (χ3v) is 5.55. The quantitative estimate of drug-likeness (QED) is 0.607. The van der Waals surface area contributed by atoms with E-state index in [4.69, 9.17) is 14.6 Å². The Balaban J connectivity index is 1.98. The van der Waals surface area contributed by atoms with E-state index < -0.39 is 27.6 Å². The molecule has 0 atom stereocenters. The van der Waals surface area contributed by atoms with Crippen molar-refractivity contribution in [3.8, 4) is 33.8 Å². The average Bonchev–Trinajstić information content (AvgIpc) is 3.12. The van der Waals surface area contributed by atoms with Crippen molar-refractivity contribution in [1.82, 2.24) is 0 Å². The molecule has 0 amide bonds. The lowest BCUT2D eigenvalue weighted by Gasteiger charge is -2.15. The summed E-state index contributed by atoms with van der Waals surface area (Å²) < 4.78 is 87.8. The van der Waals surface area contributed by atoms with Crippen LogP contribution in [0.3, 0.4) is 0 Å². The summed E-state index contributed by atoms with van der Waals surface area (Å²) in [5, 5.41) is 5.32. The van der Waals surface area contributed by atoms with Gasteiger partial charge in [0, 0.05) is 5.56 Å². The molecule has 1 aliphatic heterocycles. The molecule has 0 fully saturated rings. The fraction of sp³-hybridized carbons (Fsp3) is 0.100. The van der Waals surface area contributed by atoms with E-state index >= 15 is 0 Å². The second-order valence-corrected chi connectivity index (χ2v) is 8.01. The van der Waals surface area contributed by atoms with E-state index in [-0.39, 0.29) is 33.9 Å². The van der Waals surface area contributed by atoms with Crippen molar-refractivity contribution < 1.29 is 35.5 Å². The molecule has 0 aromatic heterocycles. The van der Waals surface area contributed by atoms with Crippen LogP contribution < -0.4 is 14.6 Å². The first-order valence-corrected chi connectivity index (χ1v) is 10.0. The molecule has 0 radical (unpaired) electrons. The van der Waals surface area contributed by atoms with E-state index in [2.05, 4.69) is 0 Å². The highest BCUT2D eigenvalue weighted by atomic mass is 32.2. The van der Waals surface area contributed by atoms with E-state index in [1.807, 2.05) is 0 Å². The van der Waals surface area contributed by atoms with Crippen LogP contribution in [0.4, 0.5) is 17.6 Å². The van der Waals surface area contributed by atoms with Gasteiger partial charge in [-0.15, -0.1) is 0 Å². The number of hydrogen-bond donors (Lipinski definition) is 1. The number of nitrogens with two attached hydrogens (primary N) is 1. The van der Waals surface area contributed by atoms with Crippen molar-refractivity contribution in [2.24, 2.45) is 5.14 Å². The number of fused-ring (bicyclic) bond motifs is 1. The zero-order chi connectivity index (χ0) is 21.7. The van der Waals surface area contributed by atoms with Gasteiger partial charge in [0.1, 0.15) is 5.82 Å². The second kappa shape index (κ2) is 6.99. The van der Waals surface area contributed by atoms with E-state index in [0.29, 0.717) is 17.6 Å². The Morgan fingerprint density at radius 2 is 1.50 bits per heavy atom. The molecule has 3 aromatic rings. The SMILES string of the molecule is NS(=O)(=O)c1ccccc1-c1cc2c(cc1-c1ccc(C(F)(F)F)c(F)c1)OCO2. The molecule has 0 unspecified atom stereocenters. The number of alkyl halides is 3. The normalized spacial score (nSPS) is 13.5. The fourth-order valence-electron chi connectivity index (χ4n) is 3.25. The number of primary sulfonamides is 1. The first-order chi connectivity index (χ1) is 14.1. The summed E-state index contributed by atoms with van der Waals surface area (Å²) in [7, 11) is -4.12. The highest BCUT2D eigenvalue weighted by molar-refractivity contribution is 7.89. The van der Waals surface area contributed by atoms with Gasteiger partial charge in [0.25, 0.3) is 0 Å². The summed E-state index contributed by atoms with van der Waals surface area (Å²) in [6.07, 6.45) is -4.85. The summed E-state index contributed by atoms with van der Waals surface area (Å²) >= 11 is 0. The highest BCUT2D eigenvalue weighted by Gasteiger charge is 2.34. The lowest BCUT2D eigenvalue weighted by molar-refractivity contribution is -0.139. The Bertz CT molecular complexity index is 1260. The van der Waals surface area contributed by atoms with Gasteiger partial charge in [0.15, 0.2) is 11.5 Å². The third-order valence-electron chi connectivity index (χ3n) is 4.58. The topological polar surface area (TPSA) is 78.6 Å². The Labute approximate surface area is 168 Å². The summed E-state index contributed by atoms with van der Waals surface area (Å²) in [4.78, 5) is -0.197. The first-order valence-electron chi connectivity index (χ1n) is 8.48. The summed E-state index contributed by atoms with van der Waals surface area (Å²) in [6.45, 7) is -0.0869. The van der Waals surface area contributed by atoms with Crippen LogP contribution in [0.25, 0.3) is 22.3 Å². The number of benzene rings is 3. The fourth-order valence-corrected chi connectivity index (χ4v) is 4.01. The zero-order valence-electron chi connectivity index (χ0n) is 15.0. The molecule has 0 saturated heterocycles. The molecule has 10 heteroatoms. The lowest BCUT2D eigenvalue weighted by Crippen LogP contribution is -2.13. The van der Waals surface area contributed by atoms with Gasteiger partial charge in [-0.25, -0.2) is 17.9 Å². The Morgan fingerprint density at radius 1 is 0.867 bits per heavy atom. The number of halogens is 4. The maximum Gasteiger partial charge on any atom is 0.419 e. The molecule has 4 rings (SSSR count). The molecule has 2 N–H and O–H groups in total. The van der Waals surface area contributed by atoms with Gasteiger partial charge in [-0.3, -0.25) is 0 Å². The van der Waals surface area contributed by atoms with Crippen LogP contribution in [0.2, 0.25) is 0 Å². The van der Waals surface area contributed by atoms with Crippen molar-refractivity contribution in [2.75, 3.05) is 6.79 Å². The Kier molecular flexibility index (Phi) is 4.70. The van der Waals surface area contributed by atoms with Crippen molar-refractivity contribution in [2.45, 2.75) is 11.1 Å². The smallest absolute Gasteiger partial charge is 0.419 e. The Hall–Kier alpha value is -3.11. The monoisotopic (exact) mass is 439 g/mol. The summed E-state index contributed by atoms with van der Waals surface area (Å²) in [6, 6.07) is 11.3. The van der Waals surface area contributed by atoms with Crippen molar-refractivity contribution in [3.63, 3.8) is 0 Å². The third kappa shape index (κ3) is 3.59. The second-order valence-electron chi connectivity index (χ2n) is 6.48. The van der Waals surface area contributed by atoms with E-state index in [1.165, 1.54) is 30.3 Å². The zero-order valence-corrected chi connectivity index (χ0v) is 15.9. The molecule has 0 spiro atoms. The van der Waals surface area contributed by atoms with Crippen molar-refractivity contribution >= 4 is 10.0 Å². The molecule has 0 bridgehead atoms. The average molecular weight is 439 g/mol. The van der Waals surface area contributed by atoms with E-state index in [0.717, 1.165) is 12.1 Å².